The smallest absolute Gasteiger partial charge is 0.313 e. The minimum atomic E-state index is -0.283. The lowest BCUT2D eigenvalue weighted by molar-refractivity contribution is -0.142. The Morgan fingerprint density at radius 3 is 2.58 bits per heavy atom. The van der Waals surface area contributed by atoms with Crippen molar-refractivity contribution in [1.29, 1.82) is 0 Å². The minimum absolute atomic E-state index is 0.140. The molecule has 1 rings (SSSR count). The molecule has 0 spiro atoms. The Bertz CT molecular complexity index is 421. The van der Waals surface area contributed by atoms with E-state index in [0.717, 1.165) is 5.82 Å². The van der Waals surface area contributed by atoms with Crippen molar-refractivity contribution >= 4 is 5.97 Å². The molecule has 108 valence electrons. The molecule has 0 radical (unpaired) electrons. The quantitative estimate of drug-likeness (QED) is 0.729. The highest BCUT2D eigenvalue weighted by atomic mass is 16.5. The van der Waals surface area contributed by atoms with Gasteiger partial charge in [-0.05, 0) is 6.92 Å². The molecule has 0 aliphatic heterocycles. The number of hydrogen-bond acceptors (Lipinski definition) is 5. The van der Waals surface area contributed by atoms with Gasteiger partial charge in [-0.2, -0.15) is 5.10 Å². The first kappa shape index (κ1) is 15.6. The normalized spacial score (nSPS) is 11.6. The third kappa shape index (κ3) is 4.63. The zero-order chi connectivity index (χ0) is 14.5. The Morgan fingerprint density at radius 2 is 2.05 bits per heavy atom. The van der Waals surface area contributed by atoms with Crippen LogP contribution in [0.25, 0.3) is 0 Å². The first-order chi connectivity index (χ1) is 8.88. The summed E-state index contributed by atoms with van der Waals surface area (Å²) in [7, 11) is 1.63. The van der Waals surface area contributed by atoms with Crippen LogP contribution in [0.4, 0.5) is 0 Å². The lowest BCUT2D eigenvalue weighted by Gasteiger charge is -2.12. The van der Waals surface area contributed by atoms with Gasteiger partial charge >= 0.3 is 5.97 Å². The molecule has 0 bridgehead atoms. The minimum Gasteiger partial charge on any atom is -0.466 e. The SMILES string of the molecule is CCOC(=O)Cc1nc(C(C)(C)C)nn1CCOC. The third-order valence-corrected chi connectivity index (χ3v) is 2.53. The molecule has 0 amide bonds. The van der Waals surface area contributed by atoms with E-state index in [9.17, 15) is 4.79 Å². The Balaban J connectivity index is 2.92. The molecule has 1 heterocycles. The highest BCUT2D eigenvalue weighted by molar-refractivity contribution is 5.71. The summed E-state index contributed by atoms with van der Waals surface area (Å²) in [5.74, 6) is 1.07. The maximum atomic E-state index is 11.6. The topological polar surface area (TPSA) is 66.2 Å². The van der Waals surface area contributed by atoms with Gasteiger partial charge in [-0.25, -0.2) is 9.67 Å². The summed E-state index contributed by atoms with van der Waals surface area (Å²) in [5.41, 5.74) is -0.151. The first-order valence-electron chi connectivity index (χ1n) is 6.47. The van der Waals surface area contributed by atoms with Crippen LogP contribution in [-0.4, -0.2) is 41.1 Å². The van der Waals surface area contributed by atoms with Crippen LogP contribution in [0.2, 0.25) is 0 Å². The van der Waals surface area contributed by atoms with Crippen molar-refractivity contribution in [2.45, 2.75) is 46.1 Å². The molecule has 1 aromatic heterocycles. The van der Waals surface area contributed by atoms with Crippen LogP contribution in [0.5, 0.6) is 0 Å². The summed E-state index contributed by atoms with van der Waals surface area (Å²) in [4.78, 5) is 16.0. The van der Waals surface area contributed by atoms with E-state index < -0.39 is 0 Å². The Hall–Kier alpha value is -1.43. The predicted octanol–water partition coefficient (Wildman–Crippen LogP) is 1.33. The molecule has 0 saturated heterocycles. The van der Waals surface area contributed by atoms with Crippen LogP contribution in [0.3, 0.4) is 0 Å². The fraction of sp³-hybridized carbons (Fsp3) is 0.769. The van der Waals surface area contributed by atoms with Gasteiger partial charge in [0.25, 0.3) is 0 Å². The molecule has 6 nitrogen and oxygen atoms in total. The van der Waals surface area contributed by atoms with Crippen LogP contribution in [0, 0.1) is 0 Å². The molecule has 0 aliphatic rings. The number of carbonyl (C=O) groups excluding carboxylic acids is 1. The van der Waals surface area contributed by atoms with E-state index in [1.165, 1.54) is 0 Å². The van der Waals surface area contributed by atoms with Gasteiger partial charge in [0.15, 0.2) is 5.82 Å². The largest absolute Gasteiger partial charge is 0.466 e. The van der Waals surface area contributed by atoms with Crippen molar-refractivity contribution in [2.24, 2.45) is 0 Å². The van der Waals surface area contributed by atoms with Gasteiger partial charge in [-0.3, -0.25) is 4.79 Å². The van der Waals surface area contributed by atoms with Gasteiger partial charge in [-0.15, -0.1) is 0 Å². The van der Waals surface area contributed by atoms with Crippen molar-refractivity contribution in [3.63, 3.8) is 0 Å². The molecule has 0 N–H and O–H groups in total. The molecule has 0 aromatic carbocycles. The summed E-state index contributed by atoms with van der Waals surface area (Å²) in [6.07, 6.45) is 0.140. The molecule has 19 heavy (non-hydrogen) atoms. The van der Waals surface area contributed by atoms with E-state index in [0.29, 0.717) is 25.6 Å². The fourth-order valence-electron chi connectivity index (χ4n) is 1.52. The maximum Gasteiger partial charge on any atom is 0.313 e. The summed E-state index contributed by atoms with van der Waals surface area (Å²) in [6, 6.07) is 0. The van der Waals surface area contributed by atoms with Gasteiger partial charge in [-0.1, -0.05) is 20.8 Å². The Kier molecular flexibility index (Phi) is 5.47. The number of ether oxygens (including phenoxy) is 2. The number of rotatable bonds is 6. The van der Waals surface area contributed by atoms with E-state index in [1.807, 2.05) is 20.8 Å². The van der Waals surface area contributed by atoms with Gasteiger partial charge < -0.3 is 9.47 Å². The third-order valence-electron chi connectivity index (χ3n) is 2.53. The second-order valence-electron chi connectivity index (χ2n) is 5.30. The molecule has 0 aliphatic carbocycles. The van der Waals surface area contributed by atoms with E-state index in [4.69, 9.17) is 9.47 Å². The fourth-order valence-corrected chi connectivity index (χ4v) is 1.52. The number of esters is 1. The molecule has 0 unspecified atom stereocenters. The van der Waals surface area contributed by atoms with Gasteiger partial charge in [0.1, 0.15) is 12.2 Å². The van der Waals surface area contributed by atoms with E-state index >= 15 is 0 Å². The summed E-state index contributed by atoms with van der Waals surface area (Å²) >= 11 is 0. The zero-order valence-corrected chi connectivity index (χ0v) is 12.4. The first-order valence-corrected chi connectivity index (χ1v) is 6.47. The van der Waals surface area contributed by atoms with Crippen molar-refractivity contribution in [3.8, 4) is 0 Å². The summed E-state index contributed by atoms with van der Waals surface area (Å²) in [6.45, 7) is 9.38. The van der Waals surface area contributed by atoms with Crippen LogP contribution < -0.4 is 0 Å². The molecule has 0 atom stereocenters. The van der Waals surface area contributed by atoms with Gasteiger partial charge in [0.2, 0.25) is 0 Å². The van der Waals surface area contributed by atoms with Crippen molar-refractivity contribution in [3.05, 3.63) is 11.6 Å². The summed E-state index contributed by atoms with van der Waals surface area (Å²) in [5, 5.41) is 4.45. The Morgan fingerprint density at radius 1 is 1.37 bits per heavy atom. The molecule has 0 fully saturated rings. The van der Waals surface area contributed by atoms with E-state index in [2.05, 4.69) is 10.1 Å². The van der Waals surface area contributed by atoms with E-state index in [1.54, 1.807) is 18.7 Å². The highest BCUT2D eigenvalue weighted by Gasteiger charge is 2.23. The van der Waals surface area contributed by atoms with Crippen molar-refractivity contribution < 1.29 is 14.3 Å². The monoisotopic (exact) mass is 269 g/mol. The van der Waals surface area contributed by atoms with Crippen LogP contribution in [-0.2, 0) is 32.6 Å². The number of methoxy groups -OCH3 is 1. The van der Waals surface area contributed by atoms with Crippen molar-refractivity contribution in [2.75, 3.05) is 20.3 Å². The summed E-state index contributed by atoms with van der Waals surface area (Å²) < 4.78 is 11.7. The Labute approximate surface area is 114 Å². The van der Waals surface area contributed by atoms with Crippen LogP contribution >= 0.6 is 0 Å². The number of nitrogens with zero attached hydrogens (tertiary/aromatic N) is 3. The molecule has 6 heteroatoms. The molecular weight excluding hydrogens is 246 g/mol. The molecule has 0 saturated carbocycles. The number of aromatic nitrogens is 3. The van der Waals surface area contributed by atoms with Crippen molar-refractivity contribution in [1.82, 2.24) is 14.8 Å². The number of hydrogen-bond donors (Lipinski definition) is 0. The van der Waals surface area contributed by atoms with Crippen LogP contribution in [0.15, 0.2) is 0 Å². The van der Waals surface area contributed by atoms with Crippen LogP contribution in [0.1, 0.15) is 39.3 Å². The highest BCUT2D eigenvalue weighted by Crippen LogP contribution is 2.18. The molecule has 1 aromatic rings. The average molecular weight is 269 g/mol. The lowest BCUT2D eigenvalue weighted by Crippen LogP contribution is -2.15. The van der Waals surface area contributed by atoms with Gasteiger partial charge in [0.05, 0.1) is 19.8 Å². The zero-order valence-electron chi connectivity index (χ0n) is 12.4. The second kappa shape index (κ2) is 6.65. The van der Waals surface area contributed by atoms with Gasteiger partial charge in [0, 0.05) is 12.5 Å². The lowest BCUT2D eigenvalue weighted by atomic mass is 9.96. The predicted molar refractivity (Wildman–Crippen MR) is 70.9 cm³/mol. The average Bonchev–Trinajstić information content (AvgIpc) is 2.69. The standard InChI is InChI=1S/C13H23N3O3/c1-6-19-11(17)9-10-14-12(13(2,3)4)15-16(10)7-8-18-5/h6-9H2,1-5H3. The molecular formula is C13H23N3O3. The second-order valence-corrected chi connectivity index (χ2v) is 5.30. The van der Waals surface area contributed by atoms with E-state index in [-0.39, 0.29) is 17.8 Å². The number of carbonyl (C=O) groups is 1. The maximum absolute atomic E-state index is 11.6.